The van der Waals surface area contributed by atoms with Gasteiger partial charge in [-0.05, 0) is 30.2 Å². The van der Waals surface area contributed by atoms with E-state index in [0.717, 1.165) is 24.4 Å². The molecule has 0 aliphatic carbocycles. The summed E-state index contributed by atoms with van der Waals surface area (Å²) in [6, 6.07) is 5.74. The number of hydrogen-bond acceptors (Lipinski definition) is 3. The van der Waals surface area contributed by atoms with Crippen molar-refractivity contribution in [1.29, 1.82) is 0 Å². The summed E-state index contributed by atoms with van der Waals surface area (Å²) in [6.45, 7) is 6.10. The summed E-state index contributed by atoms with van der Waals surface area (Å²) in [5.41, 5.74) is 1.07. The van der Waals surface area contributed by atoms with Crippen molar-refractivity contribution >= 4 is 11.6 Å². The summed E-state index contributed by atoms with van der Waals surface area (Å²) in [6.07, 6.45) is 3.48. The van der Waals surface area contributed by atoms with E-state index >= 15 is 0 Å². The molecule has 108 valence electrons. The lowest BCUT2D eigenvalue weighted by atomic mass is 10.2. The molecule has 0 saturated heterocycles. The van der Waals surface area contributed by atoms with Crippen LogP contribution < -0.4 is 10.1 Å². The van der Waals surface area contributed by atoms with Gasteiger partial charge in [0.05, 0.1) is 12.4 Å². The Balaban J connectivity index is 1.98. The van der Waals surface area contributed by atoms with Gasteiger partial charge in [0.15, 0.2) is 5.75 Å². The van der Waals surface area contributed by atoms with E-state index in [1.54, 1.807) is 10.9 Å². The van der Waals surface area contributed by atoms with Crippen molar-refractivity contribution in [1.82, 2.24) is 15.1 Å². The summed E-state index contributed by atoms with van der Waals surface area (Å²) < 4.78 is 7.39. The second-order valence-electron chi connectivity index (χ2n) is 5.23. The van der Waals surface area contributed by atoms with E-state index in [1.807, 2.05) is 31.4 Å². The number of nitrogens with zero attached hydrogens (tertiary/aromatic N) is 2. The zero-order valence-corrected chi connectivity index (χ0v) is 12.8. The maximum absolute atomic E-state index is 6.28. The molecule has 1 aromatic heterocycles. The Morgan fingerprint density at radius 1 is 1.35 bits per heavy atom. The molecule has 0 radical (unpaired) electrons. The van der Waals surface area contributed by atoms with Crippen LogP contribution in [0.25, 0.3) is 0 Å². The van der Waals surface area contributed by atoms with Crippen LogP contribution >= 0.6 is 11.6 Å². The number of halogens is 1. The Hall–Kier alpha value is -1.52. The zero-order chi connectivity index (χ0) is 14.5. The topological polar surface area (TPSA) is 39.1 Å². The fourth-order valence-electron chi connectivity index (χ4n) is 1.82. The van der Waals surface area contributed by atoms with E-state index in [1.165, 1.54) is 0 Å². The summed E-state index contributed by atoms with van der Waals surface area (Å²) in [7, 11) is 1.85. The van der Waals surface area contributed by atoms with Gasteiger partial charge in [0.25, 0.3) is 0 Å². The van der Waals surface area contributed by atoms with Crippen molar-refractivity contribution < 1.29 is 4.74 Å². The molecule has 1 aromatic carbocycles. The minimum atomic E-state index is 0.627. The van der Waals surface area contributed by atoms with Gasteiger partial charge in [-0.15, -0.1) is 0 Å². The number of aromatic nitrogens is 2. The lowest BCUT2D eigenvalue weighted by molar-refractivity contribution is 0.481. The number of aryl methyl sites for hydroxylation is 1. The summed E-state index contributed by atoms with van der Waals surface area (Å²) >= 11 is 6.28. The Labute approximate surface area is 124 Å². The minimum Gasteiger partial charge on any atom is -0.454 e. The molecule has 2 rings (SSSR count). The van der Waals surface area contributed by atoms with Crippen LogP contribution in [0.1, 0.15) is 19.4 Å². The molecule has 0 fully saturated rings. The van der Waals surface area contributed by atoms with Gasteiger partial charge >= 0.3 is 0 Å². The Morgan fingerprint density at radius 2 is 2.15 bits per heavy atom. The molecule has 0 atom stereocenters. The maximum Gasteiger partial charge on any atom is 0.165 e. The highest BCUT2D eigenvalue weighted by Crippen LogP contribution is 2.26. The summed E-state index contributed by atoms with van der Waals surface area (Å²) in [5.74, 6) is 2.05. The van der Waals surface area contributed by atoms with E-state index in [0.29, 0.717) is 16.7 Å². The van der Waals surface area contributed by atoms with Gasteiger partial charge in [-0.1, -0.05) is 31.5 Å². The molecule has 0 spiro atoms. The molecule has 20 heavy (non-hydrogen) atoms. The van der Waals surface area contributed by atoms with Gasteiger partial charge in [-0.2, -0.15) is 5.10 Å². The number of benzene rings is 1. The molecule has 5 heteroatoms. The van der Waals surface area contributed by atoms with Gasteiger partial charge in [-0.3, -0.25) is 4.68 Å². The first-order chi connectivity index (χ1) is 9.54. The van der Waals surface area contributed by atoms with Crippen molar-refractivity contribution in [3.8, 4) is 11.5 Å². The third kappa shape index (κ3) is 4.25. The van der Waals surface area contributed by atoms with Crippen molar-refractivity contribution in [2.24, 2.45) is 13.0 Å². The molecule has 0 bridgehead atoms. The molecule has 0 amide bonds. The Bertz CT molecular complexity index is 566. The highest BCUT2D eigenvalue weighted by molar-refractivity contribution is 6.31. The standard InChI is InChI=1S/C15H20ClN3O/c1-11(2)7-17-8-12-4-5-13(6-15(12)16)20-14-9-18-19(3)10-14/h4-6,9-11,17H,7-8H2,1-3H3. The second kappa shape index (κ2) is 6.77. The fourth-order valence-corrected chi connectivity index (χ4v) is 2.06. The van der Waals surface area contributed by atoms with E-state index < -0.39 is 0 Å². The van der Waals surface area contributed by atoms with Crippen molar-refractivity contribution in [2.75, 3.05) is 6.54 Å². The molecule has 0 unspecified atom stereocenters. The molecule has 2 aromatic rings. The van der Waals surface area contributed by atoms with E-state index in [-0.39, 0.29) is 0 Å². The predicted molar refractivity (Wildman–Crippen MR) is 81.3 cm³/mol. The molecule has 1 heterocycles. The van der Waals surface area contributed by atoms with Crippen LogP contribution in [0.5, 0.6) is 11.5 Å². The van der Waals surface area contributed by atoms with Crippen LogP contribution in [0.3, 0.4) is 0 Å². The van der Waals surface area contributed by atoms with Crippen molar-refractivity contribution in [3.63, 3.8) is 0 Å². The molecular weight excluding hydrogens is 274 g/mol. The van der Waals surface area contributed by atoms with Gasteiger partial charge < -0.3 is 10.1 Å². The number of rotatable bonds is 6. The molecule has 4 nitrogen and oxygen atoms in total. The second-order valence-corrected chi connectivity index (χ2v) is 5.64. The first-order valence-electron chi connectivity index (χ1n) is 6.70. The van der Waals surface area contributed by atoms with Crippen molar-refractivity contribution in [3.05, 3.63) is 41.2 Å². The van der Waals surface area contributed by atoms with Crippen LogP contribution in [0.4, 0.5) is 0 Å². The van der Waals surface area contributed by atoms with E-state index in [4.69, 9.17) is 16.3 Å². The fraction of sp³-hybridized carbons (Fsp3) is 0.400. The lowest BCUT2D eigenvalue weighted by Gasteiger charge is -2.10. The average Bonchev–Trinajstić information content (AvgIpc) is 2.77. The first kappa shape index (κ1) is 14.9. The van der Waals surface area contributed by atoms with Crippen LogP contribution in [0, 0.1) is 5.92 Å². The lowest BCUT2D eigenvalue weighted by Crippen LogP contribution is -2.19. The minimum absolute atomic E-state index is 0.627. The van der Waals surface area contributed by atoms with Gasteiger partial charge in [0.2, 0.25) is 0 Å². The highest BCUT2D eigenvalue weighted by atomic mass is 35.5. The highest BCUT2D eigenvalue weighted by Gasteiger charge is 2.05. The molecule has 0 aliphatic heterocycles. The quantitative estimate of drug-likeness (QED) is 0.884. The van der Waals surface area contributed by atoms with Gasteiger partial charge in [0.1, 0.15) is 5.75 Å². The van der Waals surface area contributed by atoms with Crippen LogP contribution in [-0.4, -0.2) is 16.3 Å². The van der Waals surface area contributed by atoms with E-state index in [9.17, 15) is 0 Å². The normalized spacial score (nSPS) is 11.1. The first-order valence-corrected chi connectivity index (χ1v) is 7.08. The van der Waals surface area contributed by atoms with Gasteiger partial charge in [-0.25, -0.2) is 0 Å². The molecular formula is C15H20ClN3O. The molecule has 0 saturated carbocycles. The predicted octanol–water partition coefficient (Wildman–Crippen LogP) is 3.61. The molecule has 0 aliphatic rings. The SMILES string of the molecule is CC(C)CNCc1ccc(Oc2cnn(C)c2)cc1Cl. The summed E-state index contributed by atoms with van der Waals surface area (Å²) in [5, 5.41) is 8.15. The summed E-state index contributed by atoms with van der Waals surface area (Å²) in [4.78, 5) is 0. The monoisotopic (exact) mass is 293 g/mol. The van der Waals surface area contributed by atoms with Crippen LogP contribution in [-0.2, 0) is 13.6 Å². The smallest absolute Gasteiger partial charge is 0.165 e. The van der Waals surface area contributed by atoms with Crippen molar-refractivity contribution in [2.45, 2.75) is 20.4 Å². The zero-order valence-electron chi connectivity index (χ0n) is 12.1. The Morgan fingerprint density at radius 3 is 2.75 bits per heavy atom. The van der Waals surface area contributed by atoms with Crippen LogP contribution in [0.2, 0.25) is 5.02 Å². The number of hydrogen-bond donors (Lipinski definition) is 1. The molecule has 1 N–H and O–H groups in total. The third-order valence-corrected chi connectivity index (χ3v) is 3.16. The number of nitrogens with one attached hydrogen (secondary N) is 1. The third-order valence-electron chi connectivity index (χ3n) is 2.81. The Kier molecular flexibility index (Phi) is 5.04. The van der Waals surface area contributed by atoms with E-state index in [2.05, 4.69) is 24.3 Å². The maximum atomic E-state index is 6.28. The number of ether oxygens (including phenoxy) is 1. The van der Waals surface area contributed by atoms with Crippen LogP contribution in [0.15, 0.2) is 30.6 Å². The van der Waals surface area contributed by atoms with Gasteiger partial charge in [0, 0.05) is 18.6 Å². The largest absolute Gasteiger partial charge is 0.454 e. The average molecular weight is 294 g/mol.